The van der Waals surface area contributed by atoms with E-state index < -0.39 is 17.9 Å². The first-order valence-corrected chi connectivity index (χ1v) is 5.50. The number of aliphatic carboxylic acids is 1. The van der Waals surface area contributed by atoms with E-state index in [4.69, 9.17) is 5.11 Å². The number of carbonyl (C=O) groups is 2. The van der Waals surface area contributed by atoms with Gasteiger partial charge in [0.15, 0.2) is 0 Å². The van der Waals surface area contributed by atoms with E-state index in [9.17, 15) is 9.59 Å². The molecule has 5 nitrogen and oxygen atoms in total. The topological polar surface area (TPSA) is 79.3 Å². The maximum atomic E-state index is 11.8. The molecule has 2 N–H and O–H groups in total. The lowest BCUT2D eigenvalue weighted by Crippen LogP contribution is -2.45. The molecule has 92 valence electrons. The normalized spacial score (nSPS) is 13.8. The molecule has 1 amide bonds. The summed E-state index contributed by atoms with van der Waals surface area (Å²) in [5.74, 6) is -1.55. The second-order valence-corrected chi connectivity index (χ2v) is 3.92. The van der Waals surface area contributed by atoms with Crippen molar-refractivity contribution in [3.05, 3.63) is 30.1 Å². The monoisotopic (exact) mass is 236 g/mol. The molecule has 17 heavy (non-hydrogen) atoms. The van der Waals surface area contributed by atoms with Crippen LogP contribution in [0.5, 0.6) is 0 Å². The minimum Gasteiger partial charge on any atom is -0.480 e. The van der Waals surface area contributed by atoms with Crippen LogP contribution in [0.1, 0.15) is 30.6 Å². The van der Waals surface area contributed by atoms with Gasteiger partial charge in [-0.25, -0.2) is 4.79 Å². The first-order chi connectivity index (χ1) is 8.06. The van der Waals surface area contributed by atoms with Crippen LogP contribution < -0.4 is 5.32 Å². The van der Waals surface area contributed by atoms with Crippen LogP contribution in [0.2, 0.25) is 0 Å². The minimum absolute atomic E-state index is 0.117. The van der Waals surface area contributed by atoms with Gasteiger partial charge in [0, 0.05) is 12.4 Å². The SMILES string of the molecule is CC[C@H](C)[C@H](NC(=O)c1cccnc1)C(=O)O. The third kappa shape index (κ3) is 3.55. The number of nitrogens with zero attached hydrogens (tertiary/aromatic N) is 1. The number of aromatic nitrogens is 1. The highest BCUT2D eigenvalue weighted by Crippen LogP contribution is 2.09. The van der Waals surface area contributed by atoms with Gasteiger partial charge in [-0.2, -0.15) is 0 Å². The van der Waals surface area contributed by atoms with Crippen molar-refractivity contribution in [3.8, 4) is 0 Å². The smallest absolute Gasteiger partial charge is 0.326 e. The Morgan fingerprint density at radius 1 is 1.53 bits per heavy atom. The molecule has 0 fully saturated rings. The fraction of sp³-hybridized carbons (Fsp3) is 0.417. The fourth-order valence-electron chi connectivity index (χ4n) is 1.40. The second-order valence-electron chi connectivity index (χ2n) is 3.92. The molecule has 1 heterocycles. The number of carbonyl (C=O) groups excluding carboxylic acids is 1. The lowest BCUT2D eigenvalue weighted by atomic mass is 9.99. The molecule has 1 aromatic rings. The zero-order chi connectivity index (χ0) is 12.8. The Kier molecular flexibility index (Phi) is 4.63. The van der Waals surface area contributed by atoms with Crippen LogP contribution >= 0.6 is 0 Å². The minimum atomic E-state index is -1.02. The summed E-state index contributed by atoms with van der Waals surface area (Å²) < 4.78 is 0. The zero-order valence-corrected chi connectivity index (χ0v) is 9.88. The predicted molar refractivity (Wildman–Crippen MR) is 62.6 cm³/mol. The highest BCUT2D eigenvalue weighted by Gasteiger charge is 2.25. The van der Waals surface area contributed by atoms with Crippen molar-refractivity contribution in [3.63, 3.8) is 0 Å². The molecule has 0 aliphatic carbocycles. The Morgan fingerprint density at radius 2 is 2.24 bits per heavy atom. The number of carboxylic acids is 1. The lowest BCUT2D eigenvalue weighted by Gasteiger charge is -2.19. The average molecular weight is 236 g/mol. The van der Waals surface area contributed by atoms with Crippen LogP contribution in [-0.2, 0) is 4.79 Å². The van der Waals surface area contributed by atoms with Gasteiger partial charge in [-0.1, -0.05) is 20.3 Å². The molecule has 0 radical (unpaired) electrons. The molecule has 0 aliphatic rings. The Balaban J connectivity index is 2.75. The van der Waals surface area contributed by atoms with Crippen LogP contribution in [-0.4, -0.2) is 28.0 Å². The fourth-order valence-corrected chi connectivity index (χ4v) is 1.40. The Labute approximate surface area is 99.9 Å². The van der Waals surface area contributed by atoms with Gasteiger partial charge in [0.25, 0.3) is 5.91 Å². The molecule has 0 saturated heterocycles. The molecule has 1 rings (SSSR count). The standard InChI is InChI=1S/C12H16N2O3/c1-3-8(2)10(12(16)17)14-11(15)9-5-4-6-13-7-9/h4-8,10H,3H2,1-2H3,(H,14,15)(H,16,17)/t8-,10-/m0/s1. The Bertz CT molecular complexity index is 392. The number of pyridine rings is 1. The molecule has 0 saturated carbocycles. The molecule has 0 bridgehead atoms. The molecule has 0 unspecified atom stereocenters. The lowest BCUT2D eigenvalue weighted by molar-refractivity contribution is -0.140. The van der Waals surface area contributed by atoms with Gasteiger partial charge in [-0.3, -0.25) is 9.78 Å². The average Bonchev–Trinajstić information content (AvgIpc) is 2.35. The Hall–Kier alpha value is -1.91. The third-order valence-electron chi connectivity index (χ3n) is 2.69. The van der Waals surface area contributed by atoms with Crippen molar-refractivity contribution >= 4 is 11.9 Å². The summed E-state index contributed by atoms with van der Waals surface area (Å²) in [6, 6.07) is 2.36. The van der Waals surface area contributed by atoms with Crippen molar-refractivity contribution in [2.24, 2.45) is 5.92 Å². The van der Waals surface area contributed by atoms with Crippen LogP contribution in [0.15, 0.2) is 24.5 Å². The summed E-state index contributed by atoms with van der Waals surface area (Å²) >= 11 is 0. The van der Waals surface area contributed by atoms with E-state index in [-0.39, 0.29) is 5.92 Å². The predicted octanol–water partition coefficient (Wildman–Crippen LogP) is 1.31. The van der Waals surface area contributed by atoms with E-state index in [1.54, 1.807) is 25.3 Å². The second kappa shape index (κ2) is 5.98. The number of amides is 1. The number of hydrogen-bond donors (Lipinski definition) is 2. The summed E-state index contributed by atoms with van der Waals surface area (Å²) in [4.78, 5) is 26.6. The number of nitrogens with one attached hydrogen (secondary N) is 1. The van der Waals surface area contributed by atoms with E-state index in [0.29, 0.717) is 12.0 Å². The van der Waals surface area contributed by atoms with Gasteiger partial charge in [0.2, 0.25) is 0 Å². The van der Waals surface area contributed by atoms with Crippen molar-refractivity contribution in [1.29, 1.82) is 0 Å². The highest BCUT2D eigenvalue weighted by molar-refractivity contribution is 5.96. The molecule has 2 atom stereocenters. The maximum absolute atomic E-state index is 11.8. The van der Waals surface area contributed by atoms with E-state index in [1.807, 2.05) is 6.92 Å². The number of hydrogen-bond acceptors (Lipinski definition) is 3. The van der Waals surface area contributed by atoms with Crippen molar-refractivity contribution in [1.82, 2.24) is 10.3 Å². The quantitative estimate of drug-likeness (QED) is 0.807. The number of carboxylic acid groups (broad SMARTS) is 1. The molecule has 1 aromatic heterocycles. The largest absolute Gasteiger partial charge is 0.480 e. The van der Waals surface area contributed by atoms with Gasteiger partial charge in [-0.15, -0.1) is 0 Å². The molecule has 0 aromatic carbocycles. The molecule has 0 spiro atoms. The van der Waals surface area contributed by atoms with Crippen LogP contribution in [0.3, 0.4) is 0 Å². The van der Waals surface area contributed by atoms with Gasteiger partial charge in [0.05, 0.1) is 5.56 Å². The highest BCUT2D eigenvalue weighted by atomic mass is 16.4. The first kappa shape index (κ1) is 13.2. The summed E-state index contributed by atoms with van der Waals surface area (Å²) in [5, 5.41) is 11.5. The molecular formula is C12H16N2O3. The van der Waals surface area contributed by atoms with Crippen molar-refractivity contribution in [2.45, 2.75) is 26.3 Å². The van der Waals surface area contributed by atoms with Gasteiger partial charge < -0.3 is 10.4 Å². The Morgan fingerprint density at radius 3 is 2.71 bits per heavy atom. The molecule has 0 aliphatic heterocycles. The summed E-state index contributed by atoms with van der Waals surface area (Å²) in [7, 11) is 0. The maximum Gasteiger partial charge on any atom is 0.326 e. The van der Waals surface area contributed by atoms with Crippen LogP contribution in [0.4, 0.5) is 0 Å². The first-order valence-electron chi connectivity index (χ1n) is 5.50. The van der Waals surface area contributed by atoms with Gasteiger partial charge >= 0.3 is 5.97 Å². The summed E-state index contributed by atoms with van der Waals surface area (Å²) in [6.45, 7) is 3.68. The van der Waals surface area contributed by atoms with Crippen LogP contribution in [0, 0.1) is 5.92 Å². The number of rotatable bonds is 5. The summed E-state index contributed by atoms with van der Waals surface area (Å²) in [5.41, 5.74) is 0.363. The van der Waals surface area contributed by atoms with E-state index in [1.165, 1.54) is 6.20 Å². The van der Waals surface area contributed by atoms with E-state index >= 15 is 0 Å². The third-order valence-corrected chi connectivity index (χ3v) is 2.69. The van der Waals surface area contributed by atoms with E-state index in [0.717, 1.165) is 0 Å². The van der Waals surface area contributed by atoms with Crippen molar-refractivity contribution in [2.75, 3.05) is 0 Å². The summed E-state index contributed by atoms with van der Waals surface area (Å²) in [6.07, 6.45) is 3.65. The molecule has 5 heteroatoms. The van der Waals surface area contributed by atoms with Gasteiger partial charge in [-0.05, 0) is 18.1 Å². The van der Waals surface area contributed by atoms with Crippen molar-refractivity contribution < 1.29 is 14.7 Å². The molecular weight excluding hydrogens is 220 g/mol. The van der Waals surface area contributed by atoms with Crippen LogP contribution in [0.25, 0.3) is 0 Å². The van der Waals surface area contributed by atoms with Gasteiger partial charge in [0.1, 0.15) is 6.04 Å². The van der Waals surface area contributed by atoms with E-state index in [2.05, 4.69) is 10.3 Å². The zero-order valence-electron chi connectivity index (χ0n) is 9.88.